The van der Waals surface area contributed by atoms with Crippen LogP contribution in [-0.2, 0) is 4.79 Å². The van der Waals surface area contributed by atoms with Gasteiger partial charge in [0.2, 0.25) is 6.41 Å². The Balaban J connectivity index is 4.05. The Labute approximate surface area is 82.3 Å². The van der Waals surface area contributed by atoms with Gasteiger partial charge in [-0.2, -0.15) is 0 Å². The minimum atomic E-state index is 0.393. The van der Waals surface area contributed by atoms with Crippen molar-refractivity contribution in [3.63, 3.8) is 0 Å². The van der Waals surface area contributed by atoms with Crippen molar-refractivity contribution in [1.82, 2.24) is 4.90 Å². The van der Waals surface area contributed by atoms with E-state index in [1.54, 1.807) is 0 Å². The van der Waals surface area contributed by atoms with Crippen molar-refractivity contribution in [2.75, 3.05) is 0 Å². The first-order valence-corrected chi connectivity index (χ1v) is 5.40. The van der Waals surface area contributed by atoms with Crippen molar-refractivity contribution in [2.24, 2.45) is 0 Å². The Bertz CT molecular complexity index is 124. The molecule has 0 aliphatic rings. The van der Waals surface area contributed by atoms with E-state index in [0.29, 0.717) is 12.1 Å². The Hall–Kier alpha value is -0.530. The van der Waals surface area contributed by atoms with Crippen LogP contribution in [0.25, 0.3) is 0 Å². The molecule has 0 spiro atoms. The SMILES string of the molecule is CCCC(C)N(C=O)C(C)CCC. The fourth-order valence-corrected chi connectivity index (χ4v) is 1.78. The summed E-state index contributed by atoms with van der Waals surface area (Å²) in [5, 5.41) is 0. The van der Waals surface area contributed by atoms with Crippen LogP contribution in [0, 0.1) is 0 Å². The predicted molar refractivity (Wildman–Crippen MR) is 56.6 cm³/mol. The van der Waals surface area contributed by atoms with Gasteiger partial charge in [-0.3, -0.25) is 4.79 Å². The van der Waals surface area contributed by atoms with Gasteiger partial charge in [0.05, 0.1) is 0 Å². The molecule has 1 amide bonds. The van der Waals surface area contributed by atoms with Crippen molar-refractivity contribution >= 4 is 6.41 Å². The molecule has 0 aromatic rings. The van der Waals surface area contributed by atoms with Gasteiger partial charge in [0.1, 0.15) is 0 Å². The fraction of sp³-hybridized carbons (Fsp3) is 0.909. The van der Waals surface area contributed by atoms with Crippen LogP contribution in [0.1, 0.15) is 53.4 Å². The average Bonchev–Trinajstić information content (AvgIpc) is 2.06. The van der Waals surface area contributed by atoms with Gasteiger partial charge in [0.15, 0.2) is 0 Å². The molecule has 2 heteroatoms. The van der Waals surface area contributed by atoms with E-state index in [1.807, 2.05) is 4.90 Å². The largest absolute Gasteiger partial charge is 0.340 e. The van der Waals surface area contributed by atoms with Gasteiger partial charge in [-0.1, -0.05) is 26.7 Å². The van der Waals surface area contributed by atoms with E-state index in [-0.39, 0.29) is 0 Å². The Morgan fingerprint density at radius 2 is 1.46 bits per heavy atom. The Kier molecular flexibility index (Phi) is 6.65. The third-order valence-corrected chi connectivity index (χ3v) is 2.55. The van der Waals surface area contributed by atoms with E-state index >= 15 is 0 Å². The molecule has 0 saturated carbocycles. The van der Waals surface area contributed by atoms with Crippen LogP contribution in [0.3, 0.4) is 0 Å². The first kappa shape index (κ1) is 12.5. The van der Waals surface area contributed by atoms with Crippen LogP contribution < -0.4 is 0 Å². The number of amides is 1. The smallest absolute Gasteiger partial charge is 0.210 e. The highest BCUT2D eigenvalue weighted by Gasteiger charge is 2.16. The normalized spacial score (nSPS) is 15.1. The van der Waals surface area contributed by atoms with E-state index in [4.69, 9.17) is 0 Å². The molecule has 2 unspecified atom stereocenters. The molecule has 0 aliphatic carbocycles. The Morgan fingerprint density at radius 3 is 1.69 bits per heavy atom. The van der Waals surface area contributed by atoms with Crippen LogP contribution >= 0.6 is 0 Å². The summed E-state index contributed by atoms with van der Waals surface area (Å²) in [6.45, 7) is 8.57. The number of rotatable bonds is 7. The molecule has 0 heterocycles. The minimum Gasteiger partial charge on any atom is -0.340 e. The molecule has 13 heavy (non-hydrogen) atoms. The summed E-state index contributed by atoms with van der Waals surface area (Å²) in [6.07, 6.45) is 5.49. The first-order valence-electron chi connectivity index (χ1n) is 5.40. The third kappa shape index (κ3) is 4.30. The van der Waals surface area contributed by atoms with Crippen LogP contribution in [0.4, 0.5) is 0 Å². The van der Waals surface area contributed by atoms with Gasteiger partial charge < -0.3 is 4.90 Å². The lowest BCUT2D eigenvalue weighted by atomic mass is 10.1. The number of nitrogens with zero attached hydrogens (tertiary/aromatic N) is 1. The minimum absolute atomic E-state index is 0.393. The standard InChI is InChI=1S/C11H23NO/c1-5-7-10(3)12(9-13)11(4)8-6-2/h9-11H,5-8H2,1-4H3. The highest BCUT2D eigenvalue weighted by atomic mass is 16.1. The van der Waals surface area contributed by atoms with Gasteiger partial charge in [-0.05, 0) is 26.7 Å². The van der Waals surface area contributed by atoms with Crippen molar-refractivity contribution in [3.05, 3.63) is 0 Å². The van der Waals surface area contributed by atoms with E-state index in [9.17, 15) is 4.79 Å². The van der Waals surface area contributed by atoms with E-state index < -0.39 is 0 Å². The van der Waals surface area contributed by atoms with Crippen molar-refractivity contribution < 1.29 is 4.79 Å². The monoisotopic (exact) mass is 185 g/mol. The summed E-state index contributed by atoms with van der Waals surface area (Å²) in [7, 11) is 0. The molecule has 0 N–H and O–H groups in total. The zero-order valence-electron chi connectivity index (χ0n) is 9.42. The molecule has 0 radical (unpaired) electrons. The lowest BCUT2D eigenvalue weighted by molar-refractivity contribution is -0.122. The quantitative estimate of drug-likeness (QED) is 0.558. The summed E-state index contributed by atoms with van der Waals surface area (Å²) in [6, 6.07) is 0.785. The van der Waals surface area contributed by atoms with E-state index in [0.717, 1.165) is 32.1 Å². The third-order valence-electron chi connectivity index (χ3n) is 2.55. The topological polar surface area (TPSA) is 20.3 Å². The van der Waals surface area contributed by atoms with Gasteiger partial charge in [-0.15, -0.1) is 0 Å². The number of carbonyl (C=O) groups excluding carboxylic acids is 1. The maximum absolute atomic E-state index is 10.9. The van der Waals surface area contributed by atoms with Crippen LogP contribution in [-0.4, -0.2) is 23.4 Å². The molecule has 0 rings (SSSR count). The summed E-state index contributed by atoms with van der Waals surface area (Å²) in [5.74, 6) is 0. The number of hydrogen-bond donors (Lipinski definition) is 0. The summed E-state index contributed by atoms with van der Waals surface area (Å²) in [5.41, 5.74) is 0. The molecule has 0 aliphatic heterocycles. The molecule has 2 atom stereocenters. The highest BCUT2D eigenvalue weighted by Crippen LogP contribution is 2.11. The maximum Gasteiger partial charge on any atom is 0.210 e. The molecule has 0 saturated heterocycles. The zero-order chi connectivity index (χ0) is 10.3. The Morgan fingerprint density at radius 1 is 1.08 bits per heavy atom. The molecule has 78 valence electrons. The van der Waals surface area contributed by atoms with Gasteiger partial charge >= 0.3 is 0 Å². The van der Waals surface area contributed by atoms with Crippen LogP contribution in [0.15, 0.2) is 0 Å². The van der Waals surface area contributed by atoms with Gasteiger partial charge in [0.25, 0.3) is 0 Å². The fourth-order valence-electron chi connectivity index (χ4n) is 1.78. The summed E-state index contributed by atoms with van der Waals surface area (Å²) in [4.78, 5) is 12.8. The molecule has 0 bridgehead atoms. The van der Waals surface area contributed by atoms with Gasteiger partial charge in [-0.25, -0.2) is 0 Å². The molecular weight excluding hydrogens is 162 g/mol. The van der Waals surface area contributed by atoms with Gasteiger partial charge in [0, 0.05) is 12.1 Å². The first-order chi connectivity index (χ1) is 6.17. The molecule has 0 aromatic carbocycles. The van der Waals surface area contributed by atoms with Crippen molar-refractivity contribution in [2.45, 2.75) is 65.5 Å². The molecule has 0 aromatic heterocycles. The second-order valence-electron chi connectivity index (χ2n) is 3.83. The van der Waals surface area contributed by atoms with Crippen molar-refractivity contribution in [1.29, 1.82) is 0 Å². The van der Waals surface area contributed by atoms with Crippen molar-refractivity contribution in [3.8, 4) is 0 Å². The molecule has 0 fully saturated rings. The number of hydrogen-bond acceptors (Lipinski definition) is 1. The van der Waals surface area contributed by atoms with E-state index in [2.05, 4.69) is 27.7 Å². The van der Waals surface area contributed by atoms with Crippen LogP contribution in [0.2, 0.25) is 0 Å². The summed E-state index contributed by atoms with van der Waals surface area (Å²) >= 11 is 0. The zero-order valence-corrected chi connectivity index (χ0v) is 9.42. The second-order valence-corrected chi connectivity index (χ2v) is 3.83. The lowest BCUT2D eigenvalue weighted by Gasteiger charge is -2.30. The summed E-state index contributed by atoms with van der Waals surface area (Å²) < 4.78 is 0. The molecule has 2 nitrogen and oxygen atoms in total. The van der Waals surface area contributed by atoms with E-state index in [1.165, 1.54) is 0 Å². The predicted octanol–water partition coefficient (Wildman–Crippen LogP) is 2.82. The lowest BCUT2D eigenvalue weighted by Crippen LogP contribution is -2.39. The number of carbonyl (C=O) groups is 1. The average molecular weight is 185 g/mol. The molecular formula is C11H23NO. The highest BCUT2D eigenvalue weighted by molar-refractivity contribution is 5.48. The second kappa shape index (κ2) is 6.93. The maximum atomic E-state index is 10.9. The van der Waals surface area contributed by atoms with Crippen LogP contribution in [0.5, 0.6) is 0 Å².